The van der Waals surface area contributed by atoms with Crippen LogP contribution in [0.15, 0.2) is 65.6 Å². The van der Waals surface area contributed by atoms with Crippen LogP contribution < -0.4 is 10.1 Å². The lowest BCUT2D eigenvalue weighted by Gasteiger charge is -2.24. The number of para-hydroxylation sites is 2. The molecule has 3 aromatic rings. The van der Waals surface area contributed by atoms with Crippen molar-refractivity contribution in [1.29, 1.82) is 0 Å². The van der Waals surface area contributed by atoms with E-state index in [1.165, 1.54) is 11.4 Å². The molecular formula is C25H27ClN2O4S. The van der Waals surface area contributed by atoms with Crippen LogP contribution in [-0.2, 0) is 21.4 Å². The molecule has 3 rings (SSSR count). The zero-order valence-corrected chi connectivity index (χ0v) is 20.6. The summed E-state index contributed by atoms with van der Waals surface area (Å²) in [6, 6.07) is 17.5. The number of ether oxygens (including phenoxy) is 1. The van der Waals surface area contributed by atoms with Crippen molar-refractivity contribution in [2.45, 2.75) is 32.2 Å². The fourth-order valence-electron chi connectivity index (χ4n) is 3.82. The molecule has 0 radical (unpaired) electrons. The number of carbonyl (C=O) groups is 1. The Balaban J connectivity index is 1.97. The first-order valence-corrected chi connectivity index (χ1v) is 12.2. The molecule has 1 amide bonds. The van der Waals surface area contributed by atoms with Gasteiger partial charge in [-0.25, -0.2) is 8.42 Å². The molecular weight excluding hydrogens is 460 g/mol. The van der Waals surface area contributed by atoms with Crippen LogP contribution in [0.1, 0.15) is 22.3 Å². The molecule has 8 heteroatoms. The van der Waals surface area contributed by atoms with Crippen molar-refractivity contribution in [3.63, 3.8) is 0 Å². The van der Waals surface area contributed by atoms with Crippen LogP contribution in [0.3, 0.4) is 0 Å². The molecule has 0 fully saturated rings. The Morgan fingerprint density at radius 3 is 2.21 bits per heavy atom. The molecule has 174 valence electrons. The lowest BCUT2D eigenvalue weighted by Crippen LogP contribution is -2.38. The summed E-state index contributed by atoms with van der Waals surface area (Å²) in [6.07, 6.45) is 0. The van der Waals surface area contributed by atoms with Crippen LogP contribution in [0, 0.1) is 20.8 Å². The van der Waals surface area contributed by atoms with Crippen LogP contribution in [0.25, 0.3) is 0 Å². The Morgan fingerprint density at radius 2 is 1.61 bits per heavy atom. The zero-order valence-electron chi connectivity index (χ0n) is 19.1. The molecule has 0 unspecified atom stereocenters. The van der Waals surface area contributed by atoms with Crippen LogP contribution in [-0.4, -0.2) is 32.3 Å². The highest BCUT2D eigenvalue weighted by Gasteiger charge is 2.30. The van der Waals surface area contributed by atoms with Gasteiger partial charge in [0, 0.05) is 11.6 Å². The third-order valence-corrected chi connectivity index (χ3v) is 7.53. The van der Waals surface area contributed by atoms with Gasteiger partial charge in [0.1, 0.15) is 5.75 Å². The fourth-order valence-corrected chi connectivity index (χ4v) is 5.74. The van der Waals surface area contributed by atoms with Gasteiger partial charge in [0.25, 0.3) is 0 Å². The molecule has 0 spiro atoms. The molecule has 3 aromatic carbocycles. The molecule has 0 aliphatic rings. The molecule has 0 aliphatic heterocycles. The number of amides is 1. The van der Waals surface area contributed by atoms with Gasteiger partial charge in [0.2, 0.25) is 15.9 Å². The largest absolute Gasteiger partial charge is 0.495 e. The molecule has 1 N–H and O–H groups in total. The van der Waals surface area contributed by atoms with Gasteiger partial charge in [0.15, 0.2) is 0 Å². The first-order chi connectivity index (χ1) is 15.6. The quantitative estimate of drug-likeness (QED) is 0.480. The summed E-state index contributed by atoms with van der Waals surface area (Å²) >= 11 is 5.99. The first kappa shape index (κ1) is 24.8. The summed E-state index contributed by atoms with van der Waals surface area (Å²) in [7, 11) is -2.48. The highest BCUT2D eigenvalue weighted by Crippen LogP contribution is 2.27. The maximum absolute atomic E-state index is 13.8. The minimum Gasteiger partial charge on any atom is -0.495 e. The molecule has 0 atom stereocenters. The number of aryl methyl sites for hydroxylation is 3. The van der Waals surface area contributed by atoms with Gasteiger partial charge in [-0.15, -0.1) is 0 Å². The van der Waals surface area contributed by atoms with Crippen LogP contribution in [0.2, 0.25) is 5.02 Å². The van der Waals surface area contributed by atoms with Crippen molar-refractivity contribution >= 4 is 33.2 Å². The van der Waals surface area contributed by atoms with E-state index < -0.39 is 15.9 Å². The first-order valence-electron chi connectivity index (χ1n) is 10.4. The number of anilines is 1. The highest BCUT2D eigenvalue weighted by atomic mass is 35.5. The maximum Gasteiger partial charge on any atom is 0.244 e. The van der Waals surface area contributed by atoms with Crippen LogP contribution in [0.5, 0.6) is 5.75 Å². The Labute approximate surface area is 200 Å². The van der Waals surface area contributed by atoms with Crippen LogP contribution >= 0.6 is 11.6 Å². The van der Waals surface area contributed by atoms with Gasteiger partial charge in [-0.1, -0.05) is 53.6 Å². The molecule has 0 aromatic heterocycles. The van der Waals surface area contributed by atoms with Gasteiger partial charge >= 0.3 is 0 Å². The van der Waals surface area contributed by atoms with E-state index in [0.29, 0.717) is 27.6 Å². The van der Waals surface area contributed by atoms with Crippen molar-refractivity contribution < 1.29 is 17.9 Å². The third-order valence-electron chi connectivity index (χ3n) is 5.18. The molecule has 33 heavy (non-hydrogen) atoms. The Kier molecular flexibility index (Phi) is 7.79. The van der Waals surface area contributed by atoms with Crippen molar-refractivity contribution in [2.75, 3.05) is 19.0 Å². The summed E-state index contributed by atoms with van der Waals surface area (Å²) in [5.41, 5.74) is 3.44. The van der Waals surface area contributed by atoms with Crippen molar-refractivity contribution in [1.82, 2.24) is 4.31 Å². The molecule has 0 saturated heterocycles. The standard InChI is InChI=1S/C25H27ClN2O4S/c1-17-13-18(2)25(19(3)14-17)33(30,31)28(15-20-9-11-21(26)12-10-20)16-24(29)27-22-7-5-6-8-23(22)32-4/h5-14H,15-16H2,1-4H3,(H,27,29). The summed E-state index contributed by atoms with van der Waals surface area (Å²) in [4.78, 5) is 13.2. The number of methoxy groups -OCH3 is 1. The number of carbonyl (C=O) groups excluding carboxylic acids is 1. The summed E-state index contributed by atoms with van der Waals surface area (Å²) in [6.45, 7) is 5.11. The Bertz CT molecular complexity index is 1230. The average molecular weight is 487 g/mol. The lowest BCUT2D eigenvalue weighted by molar-refractivity contribution is -0.116. The van der Waals surface area contributed by atoms with E-state index in [0.717, 1.165) is 11.1 Å². The number of nitrogens with one attached hydrogen (secondary N) is 1. The van der Waals surface area contributed by atoms with Gasteiger partial charge in [0.05, 0.1) is 24.2 Å². The minimum atomic E-state index is -3.98. The van der Waals surface area contributed by atoms with Gasteiger partial charge < -0.3 is 10.1 Å². The zero-order chi connectivity index (χ0) is 24.2. The predicted octanol–water partition coefficient (Wildman–Crippen LogP) is 5.10. The van der Waals surface area contributed by atoms with Crippen molar-refractivity contribution in [3.8, 4) is 5.75 Å². The summed E-state index contributed by atoms with van der Waals surface area (Å²) in [5.74, 6) is 0.0163. The molecule has 0 heterocycles. The van der Waals surface area contributed by atoms with E-state index in [2.05, 4.69) is 5.32 Å². The summed E-state index contributed by atoms with van der Waals surface area (Å²) < 4.78 is 34.0. The minimum absolute atomic E-state index is 0.0194. The molecule has 6 nitrogen and oxygen atoms in total. The molecule has 0 aliphatic carbocycles. The van der Waals surface area contributed by atoms with Crippen molar-refractivity contribution in [3.05, 3.63) is 87.9 Å². The summed E-state index contributed by atoms with van der Waals surface area (Å²) in [5, 5.41) is 3.31. The smallest absolute Gasteiger partial charge is 0.244 e. The Hall–Kier alpha value is -2.87. The van der Waals surface area contributed by atoms with Gasteiger partial charge in [-0.2, -0.15) is 4.31 Å². The van der Waals surface area contributed by atoms with E-state index in [4.69, 9.17) is 16.3 Å². The maximum atomic E-state index is 13.8. The van der Waals surface area contributed by atoms with E-state index in [-0.39, 0.29) is 18.0 Å². The molecule has 0 saturated carbocycles. The number of rotatable bonds is 8. The SMILES string of the molecule is COc1ccccc1NC(=O)CN(Cc1ccc(Cl)cc1)S(=O)(=O)c1c(C)cc(C)cc1C. The predicted molar refractivity (Wildman–Crippen MR) is 131 cm³/mol. The van der Waals surface area contributed by atoms with Gasteiger partial charge in [-0.05, 0) is 61.7 Å². The van der Waals surface area contributed by atoms with E-state index >= 15 is 0 Å². The third kappa shape index (κ3) is 5.93. The normalized spacial score (nSPS) is 11.5. The number of nitrogens with zero attached hydrogens (tertiary/aromatic N) is 1. The number of halogens is 1. The Morgan fingerprint density at radius 1 is 1.00 bits per heavy atom. The number of benzene rings is 3. The average Bonchev–Trinajstić information content (AvgIpc) is 2.74. The lowest BCUT2D eigenvalue weighted by atomic mass is 10.1. The van der Waals surface area contributed by atoms with Crippen LogP contribution in [0.4, 0.5) is 5.69 Å². The second kappa shape index (κ2) is 10.4. The van der Waals surface area contributed by atoms with E-state index in [1.807, 2.05) is 19.1 Å². The second-order valence-corrected chi connectivity index (χ2v) is 10.2. The molecule has 0 bridgehead atoms. The number of hydrogen-bond donors (Lipinski definition) is 1. The topological polar surface area (TPSA) is 75.7 Å². The van der Waals surface area contributed by atoms with E-state index in [9.17, 15) is 13.2 Å². The van der Waals surface area contributed by atoms with Gasteiger partial charge in [-0.3, -0.25) is 4.79 Å². The van der Waals surface area contributed by atoms with E-state index in [1.54, 1.807) is 62.4 Å². The monoisotopic (exact) mass is 486 g/mol. The highest BCUT2D eigenvalue weighted by molar-refractivity contribution is 7.89. The second-order valence-electron chi connectivity index (χ2n) is 7.88. The van der Waals surface area contributed by atoms with Crippen molar-refractivity contribution in [2.24, 2.45) is 0 Å². The number of sulfonamides is 1. The number of hydrogen-bond acceptors (Lipinski definition) is 4. The fraction of sp³-hybridized carbons (Fsp3) is 0.240.